The van der Waals surface area contributed by atoms with E-state index >= 15 is 0 Å². The monoisotopic (exact) mass is 510 g/mol. The van der Waals surface area contributed by atoms with Crippen LogP contribution in [-0.2, 0) is 4.79 Å². The number of aromatic carboxylic acids is 1. The second-order valence-electron chi connectivity index (χ2n) is 8.47. The molecule has 0 spiro atoms. The predicted octanol–water partition coefficient (Wildman–Crippen LogP) is 5.65. The van der Waals surface area contributed by atoms with Gasteiger partial charge in [-0.05, 0) is 72.3 Å². The van der Waals surface area contributed by atoms with Crippen LogP contribution in [0.15, 0.2) is 88.4 Å². The van der Waals surface area contributed by atoms with E-state index in [2.05, 4.69) is 15.6 Å². The van der Waals surface area contributed by atoms with Crippen molar-refractivity contribution in [1.29, 1.82) is 0 Å². The molecule has 1 amide bonds. The number of carbonyl (C=O) groups is 2. The van der Waals surface area contributed by atoms with Crippen LogP contribution in [0, 0.1) is 13.8 Å². The van der Waals surface area contributed by atoms with Crippen LogP contribution in [0.1, 0.15) is 26.4 Å². The quantitative estimate of drug-likeness (QED) is 0.229. The van der Waals surface area contributed by atoms with Crippen molar-refractivity contribution in [3.63, 3.8) is 0 Å². The molecule has 2 heterocycles. The molecule has 8 nitrogen and oxygen atoms in total. The lowest BCUT2D eigenvalue weighted by Crippen LogP contribution is -2.28. The van der Waals surface area contributed by atoms with Crippen LogP contribution in [0.3, 0.4) is 0 Å². The minimum atomic E-state index is -1.06. The van der Waals surface area contributed by atoms with Crippen molar-refractivity contribution in [3.8, 4) is 16.9 Å². The zero-order valence-electron chi connectivity index (χ0n) is 20.0. The van der Waals surface area contributed by atoms with Crippen LogP contribution in [0.4, 0.5) is 11.4 Å². The van der Waals surface area contributed by atoms with Crippen LogP contribution in [-0.4, -0.2) is 33.5 Å². The third-order valence-electron chi connectivity index (χ3n) is 6.05. The standard InChI is InChI=1S/C28H22N4O4S/c1-16-11-12-20(14-17(16)2)32-27(34)25(24(31-32)23-10-5-13-37-23)30-29-22-9-4-8-21(26(22)33)18-6-3-7-19(15-18)28(35)36/h3-15,29,33H,1-2H3,(H,35,36)/b30-25-. The van der Waals surface area contributed by atoms with Gasteiger partial charge in [-0.1, -0.05) is 36.4 Å². The Morgan fingerprint density at radius 2 is 1.81 bits per heavy atom. The number of carboxylic acids is 1. The van der Waals surface area contributed by atoms with Crippen LogP contribution in [0.25, 0.3) is 11.1 Å². The minimum absolute atomic E-state index is 0.107. The van der Waals surface area contributed by atoms with E-state index in [1.807, 2.05) is 49.6 Å². The molecule has 37 heavy (non-hydrogen) atoms. The number of carboxylic acid groups (broad SMARTS) is 1. The molecule has 1 aromatic heterocycles. The lowest BCUT2D eigenvalue weighted by Gasteiger charge is -2.13. The molecule has 0 bridgehead atoms. The van der Waals surface area contributed by atoms with E-state index in [0.29, 0.717) is 22.5 Å². The maximum Gasteiger partial charge on any atom is 0.335 e. The number of para-hydroxylation sites is 1. The number of rotatable bonds is 6. The summed E-state index contributed by atoms with van der Waals surface area (Å²) >= 11 is 1.44. The number of nitrogens with zero attached hydrogens (tertiary/aromatic N) is 3. The number of hydrazone groups is 2. The van der Waals surface area contributed by atoms with Gasteiger partial charge in [0, 0.05) is 5.56 Å². The minimum Gasteiger partial charge on any atom is -0.505 e. The maximum absolute atomic E-state index is 13.4. The first kappa shape index (κ1) is 24.0. The van der Waals surface area contributed by atoms with E-state index < -0.39 is 11.9 Å². The van der Waals surface area contributed by atoms with Crippen molar-refractivity contribution in [2.24, 2.45) is 10.2 Å². The molecule has 184 valence electrons. The first-order chi connectivity index (χ1) is 17.8. The number of nitrogens with one attached hydrogen (secondary N) is 1. The van der Waals surface area contributed by atoms with Crippen LogP contribution in [0.2, 0.25) is 0 Å². The molecule has 1 aliphatic rings. The highest BCUT2D eigenvalue weighted by molar-refractivity contribution is 7.13. The number of benzene rings is 3. The number of thiophene rings is 1. The SMILES string of the molecule is Cc1ccc(N2N=C(c3cccs3)/C(=N/Nc3cccc(-c4cccc(C(=O)O)c4)c3O)C2=O)cc1C. The fourth-order valence-electron chi connectivity index (χ4n) is 3.91. The number of anilines is 2. The van der Waals surface area contributed by atoms with Gasteiger partial charge in [-0.3, -0.25) is 10.2 Å². The maximum atomic E-state index is 13.4. The number of amides is 1. The number of phenols is 1. The first-order valence-corrected chi connectivity index (χ1v) is 12.3. The zero-order chi connectivity index (χ0) is 26.1. The second kappa shape index (κ2) is 9.71. The van der Waals surface area contributed by atoms with Crippen molar-refractivity contribution in [2.75, 3.05) is 10.4 Å². The summed E-state index contributed by atoms with van der Waals surface area (Å²) in [4.78, 5) is 25.6. The van der Waals surface area contributed by atoms with Crippen molar-refractivity contribution < 1.29 is 19.8 Å². The summed E-state index contributed by atoms with van der Waals surface area (Å²) in [5.41, 5.74) is 7.46. The van der Waals surface area contributed by atoms with E-state index in [4.69, 9.17) is 0 Å². The molecular weight excluding hydrogens is 488 g/mol. The van der Waals surface area contributed by atoms with Gasteiger partial charge in [-0.25, -0.2) is 4.79 Å². The Bertz CT molecular complexity index is 1590. The molecule has 0 atom stereocenters. The average molecular weight is 511 g/mol. The normalized spacial score (nSPS) is 14.2. The van der Waals surface area contributed by atoms with Gasteiger partial charge in [-0.15, -0.1) is 11.3 Å². The van der Waals surface area contributed by atoms with Gasteiger partial charge < -0.3 is 10.2 Å². The molecule has 0 aliphatic carbocycles. The number of hydrogen-bond acceptors (Lipinski definition) is 7. The fourth-order valence-corrected chi connectivity index (χ4v) is 4.62. The molecule has 3 aromatic carbocycles. The van der Waals surface area contributed by atoms with Gasteiger partial charge >= 0.3 is 11.9 Å². The largest absolute Gasteiger partial charge is 0.505 e. The topological polar surface area (TPSA) is 115 Å². The van der Waals surface area contributed by atoms with Crippen molar-refractivity contribution >= 4 is 46.0 Å². The third kappa shape index (κ3) is 4.60. The van der Waals surface area contributed by atoms with Crippen LogP contribution in [0.5, 0.6) is 5.75 Å². The Morgan fingerprint density at radius 1 is 1.00 bits per heavy atom. The summed E-state index contributed by atoms with van der Waals surface area (Å²) in [5, 5.41) is 32.4. The lowest BCUT2D eigenvalue weighted by atomic mass is 10.0. The van der Waals surface area contributed by atoms with Crippen molar-refractivity contribution in [2.45, 2.75) is 13.8 Å². The molecule has 0 fully saturated rings. The smallest absolute Gasteiger partial charge is 0.335 e. The zero-order valence-corrected chi connectivity index (χ0v) is 20.8. The highest BCUT2D eigenvalue weighted by Gasteiger charge is 2.35. The van der Waals surface area contributed by atoms with Gasteiger partial charge in [0.15, 0.2) is 5.71 Å². The highest BCUT2D eigenvalue weighted by atomic mass is 32.1. The predicted molar refractivity (Wildman–Crippen MR) is 146 cm³/mol. The third-order valence-corrected chi connectivity index (χ3v) is 6.93. The van der Waals surface area contributed by atoms with Crippen molar-refractivity contribution in [3.05, 3.63) is 99.7 Å². The summed E-state index contributed by atoms with van der Waals surface area (Å²) in [6, 6.07) is 20.7. The number of aryl methyl sites for hydroxylation is 2. The van der Waals surface area contributed by atoms with E-state index in [-0.39, 0.29) is 22.7 Å². The van der Waals surface area contributed by atoms with Crippen LogP contribution < -0.4 is 10.4 Å². The van der Waals surface area contributed by atoms with Gasteiger partial charge in [-0.2, -0.15) is 15.2 Å². The summed E-state index contributed by atoms with van der Waals surface area (Å²) in [6.07, 6.45) is 0. The molecule has 0 radical (unpaired) electrons. The number of carbonyl (C=O) groups excluding carboxylic acids is 1. The van der Waals surface area contributed by atoms with Crippen molar-refractivity contribution in [1.82, 2.24) is 0 Å². The average Bonchev–Trinajstić information content (AvgIpc) is 3.53. The fraction of sp³-hybridized carbons (Fsp3) is 0.0714. The summed E-state index contributed by atoms with van der Waals surface area (Å²) < 4.78 is 0. The Balaban J connectivity index is 1.50. The summed E-state index contributed by atoms with van der Waals surface area (Å²) in [6.45, 7) is 3.97. The van der Waals surface area contributed by atoms with Gasteiger partial charge in [0.1, 0.15) is 11.5 Å². The number of hydrogen-bond donors (Lipinski definition) is 3. The van der Waals surface area contributed by atoms with Gasteiger partial charge in [0.2, 0.25) is 0 Å². The first-order valence-electron chi connectivity index (χ1n) is 11.4. The van der Waals surface area contributed by atoms with E-state index in [1.54, 1.807) is 30.3 Å². The molecule has 0 unspecified atom stereocenters. The molecular formula is C28H22N4O4S. The Labute approximate surface area is 216 Å². The molecule has 4 aromatic rings. The Kier molecular flexibility index (Phi) is 6.29. The highest BCUT2D eigenvalue weighted by Crippen LogP contribution is 2.36. The molecule has 5 rings (SSSR count). The molecule has 0 saturated carbocycles. The van der Waals surface area contributed by atoms with E-state index in [0.717, 1.165) is 16.0 Å². The Hall–Kier alpha value is -4.76. The van der Waals surface area contributed by atoms with E-state index in [9.17, 15) is 19.8 Å². The van der Waals surface area contributed by atoms with Gasteiger partial charge in [0.05, 0.1) is 21.8 Å². The van der Waals surface area contributed by atoms with E-state index in [1.165, 1.54) is 28.5 Å². The van der Waals surface area contributed by atoms with Crippen LogP contribution >= 0.6 is 11.3 Å². The molecule has 1 aliphatic heterocycles. The molecule has 9 heteroatoms. The Morgan fingerprint density at radius 3 is 2.54 bits per heavy atom. The van der Waals surface area contributed by atoms with Gasteiger partial charge in [0.25, 0.3) is 0 Å². The molecule has 0 saturated heterocycles. The second-order valence-corrected chi connectivity index (χ2v) is 9.42. The summed E-state index contributed by atoms with van der Waals surface area (Å²) in [7, 11) is 0. The number of phenolic OH excluding ortho intramolecular Hbond substituents is 1. The molecule has 3 N–H and O–H groups in total. The number of aromatic hydroxyl groups is 1. The lowest BCUT2D eigenvalue weighted by molar-refractivity contribution is -0.112. The summed E-state index contributed by atoms with van der Waals surface area (Å²) in [5.74, 6) is -1.58.